The van der Waals surface area contributed by atoms with Gasteiger partial charge in [-0.05, 0) is 57.2 Å². The Balaban J connectivity index is 1.75. The van der Waals surface area contributed by atoms with Crippen LogP contribution in [0.2, 0.25) is 0 Å². The molecule has 132 valence electrons. The molecular weight excluding hydrogens is 304 g/mol. The molecule has 0 radical (unpaired) electrons. The van der Waals surface area contributed by atoms with Crippen molar-refractivity contribution in [2.45, 2.75) is 45.8 Å². The van der Waals surface area contributed by atoms with E-state index >= 15 is 0 Å². The maximum absolute atomic E-state index is 12.0. The van der Waals surface area contributed by atoms with Gasteiger partial charge in [0.15, 0.2) is 0 Å². The van der Waals surface area contributed by atoms with E-state index in [0.717, 1.165) is 31.7 Å². The number of amides is 1. The Kier molecular flexibility index (Phi) is 6.23. The van der Waals surface area contributed by atoms with Crippen molar-refractivity contribution < 1.29 is 14.3 Å². The number of hydrogen-bond acceptors (Lipinski definition) is 4. The van der Waals surface area contributed by atoms with Crippen LogP contribution in [0.15, 0.2) is 29.3 Å². The second-order valence-electron chi connectivity index (χ2n) is 7.14. The SMILES string of the molecule is COc1ccc(C/N=C\C2CCN(C(=O)OC(C)(C)C)CC2)cc1. The van der Waals surface area contributed by atoms with E-state index in [0.29, 0.717) is 12.5 Å². The third-order valence-corrected chi connectivity index (χ3v) is 3.94. The normalized spacial score (nSPS) is 16.4. The number of piperidine rings is 1. The van der Waals surface area contributed by atoms with Crippen LogP contribution in [0.5, 0.6) is 5.75 Å². The van der Waals surface area contributed by atoms with Gasteiger partial charge in [-0.15, -0.1) is 0 Å². The Morgan fingerprint density at radius 2 is 1.88 bits per heavy atom. The summed E-state index contributed by atoms with van der Waals surface area (Å²) in [5, 5.41) is 0. The highest BCUT2D eigenvalue weighted by atomic mass is 16.6. The van der Waals surface area contributed by atoms with Gasteiger partial charge in [0.25, 0.3) is 0 Å². The lowest BCUT2D eigenvalue weighted by Gasteiger charge is -2.32. The fraction of sp³-hybridized carbons (Fsp3) is 0.579. The smallest absolute Gasteiger partial charge is 0.410 e. The van der Waals surface area contributed by atoms with Crippen molar-refractivity contribution in [3.63, 3.8) is 0 Å². The van der Waals surface area contributed by atoms with Gasteiger partial charge in [-0.1, -0.05) is 12.1 Å². The third kappa shape index (κ3) is 5.87. The number of methoxy groups -OCH3 is 1. The number of aliphatic imine (C=N–C) groups is 1. The molecule has 24 heavy (non-hydrogen) atoms. The monoisotopic (exact) mass is 332 g/mol. The maximum atomic E-state index is 12.0. The van der Waals surface area contributed by atoms with Gasteiger partial charge in [-0.2, -0.15) is 0 Å². The summed E-state index contributed by atoms with van der Waals surface area (Å²) in [6.07, 6.45) is 3.70. The molecular formula is C19H28N2O3. The topological polar surface area (TPSA) is 51.1 Å². The number of nitrogens with zero attached hydrogens (tertiary/aromatic N) is 2. The highest BCUT2D eigenvalue weighted by Crippen LogP contribution is 2.19. The summed E-state index contributed by atoms with van der Waals surface area (Å²) < 4.78 is 10.6. The first kappa shape index (κ1) is 18.3. The van der Waals surface area contributed by atoms with Crippen molar-refractivity contribution in [1.29, 1.82) is 0 Å². The molecule has 1 amide bonds. The maximum Gasteiger partial charge on any atom is 0.410 e. The molecule has 5 nitrogen and oxygen atoms in total. The lowest BCUT2D eigenvalue weighted by atomic mass is 9.98. The average molecular weight is 332 g/mol. The predicted octanol–water partition coefficient (Wildman–Crippen LogP) is 3.91. The second kappa shape index (κ2) is 8.18. The van der Waals surface area contributed by atoms with E-state index in [1.807, 2.05) is 51.3 Å². The molecule has 2 rings (SSSR count). The predicted molar refractivity (Wildman–Crippen MR) is 95.7 cm³/mol. The summed E-state index contributed by atoms with van der Waals surface area (Å²) in [6, 6.07) is 7.96. The molecule has 1 saturated heterocycles. The molecule has 1 heterocycles. The Hall–Kier alpha value is -2.04. The van der Waals surface area contributed by atoms with Crippen LogP contribution in [0.4, 0.5) is 4.79 Å². The first-order valence-corrected chi connectivity index (χ1v) is 8.48. The van der Waals surface area contributed by atoms with Gasteiger partial charge in [-0.3, -0.25) is 4.99 Å². The summed E-state index contributed by atoms with van der Waals surface area (Å²) in [5.41, 5.74) is 0.728. The van der Waals surface area contributed by atoms with E-state index in [-0.39, 0.29) is 6.09 Å². The number of hydrogen-bond donors (Lipinski definition) is 0. The lowest BCUT2D eigenvalue weighted by molar-refractivity contribution is 0.0203. The highest BCUT2D eigenvalue weighted by Gasteiger charge is 2.26. The van der Waals surface area contributed by atoms with Crippen LogP contribution < -0.4 is 4.74 Å². The van der Waals surface area contributed by atoms with Crippen LogP contribution in [-0.4, -0.2) is 43.0 Å². The average Bonchev–Trinajstić information content (AvgIpc) is 2.54. The van der Waals surface area contributed by atoms with Crippen LogP contribution in [0, 0.1) is 5.92 Å². The molecule has 0 unspecified atom stereocenters. The number of ether oxygens (including phenoxy) is 2. The Morgan fingerprint density at radius 3 is 2.42 bits per heavy atom. The molecule has 0 aliphatic carbocycles. The zero-order chi connectivity index (χ0) is 17.6. The van der Waals surface area contributed by atoms with Gasteiger partial charge in [0.2, 0.25) is 0 Å². The standard InChI is InChI=1S/C19H28N2O3/c1-19(2,3)24-18(22)21-11-9-16(10-12-21)14-20-13-15-5-7-17(23-4)8-6-15/h5-8,14,16H,9-13H2,1-4H3/b20-14-. The molecule has 0 aromatic heterocycles. The van der Waals surface area contributed by atoms with Crippen LogP contribution in [0.1, 0.15) is 39.2 Å². The molecule has 0 spiro atoms. The van der Waals surface area contributed by atoms with Crippen molar-refractivity contribution in [3.05, 3.63) is 29.8 Å². The van der Waals surface area contributed by atoms with Crippen LogP contribution in [0.25, 0.3) is 0 Å². The van der Waals surface area contributed by atoms with Crippen molar-refractivity contribution in [3.8, 4) is 5.75 Å². The summed E-state index contributed by atoms with van der Waals surface area (Å²) in [4.78, 5) is 18.4. The van der Waals surface area contributed by atoms with Gasteiger partial charge in [0.05, 0.1) is 13.7 Å². The van der Waals surface area contributed by atoms with Gasteiger partial charge < -0.3 is 14.4 Å². The van der Waals surface area contributed by atoms with Crippen molar-refractivity contribution in [2.75, 3.05) is 20.2 Å². The van der Waals surface area contributed by atoms with E-state index in [1.165, 1.54) is 5.56 Å². The largest absolute Gasteiger partial charge is 0.497 e. The van der Waals surface area contributed by atoms with Gasteiger partial charge >= 0.3 is 6.09 Å². The molecule has 0 atom stereocenters. The Morgan fingerprint density at radius 1 is 1.25 bits per heavy atom. The summed E-state index contributed by atoms with van der Waals surface area (Å²) in [6.45, 7) is 7.81. The number of likely N-dealkylation sites (tertiary alicyclic amines) is 1. The Bertz CT molecular complexity index is 553. The molecule has 1 fully saturated rings. The van der Waals surface area contributed by atoms with E-state index in [2.05, 4.69) is 4.99 Å². The third-order valence-electron chi connectivity index (χ3n) is 3.94. The summed E-state index contributed by atoms with van der Waals surface area (Å²) in [7, 11) is 1.66. The first-order valence-electron chi connectivity index (χ1n) is 8.48. The zero-order valence-electron chi connectivity index (χ0n) is 15.1. The molecule has 1 aromatic carbocycles. The number of carbonyl (C=O) groups is 1. The van der Waals surface area contributed by atoms with Crippen LogP contribution >= 0.6 is 0 Å². The van der Waals surface area contributed by atoms with Crippen LogP contribution in [-0.2, 0) is 11.3 Å². The van der Waals surface area contributed by atoms with Gasteiger partial charge in [0, 0.05) is 19.3 Å². The van der Waals surface area contributed by atoms with E-state index in [1.54, 1.807) is 12.0 Å². The minimum absolute atomic E-state index is 0.212. The molecule has 5 heteroatoms. The van der Waals surface area contributed by atoms with Crippen molar-refractivity contribution >= 4 is 12.3 Å². The lowest BCUT2D eigenvalue weighted by Crippen LogP contribution is -2.41. The second-order valence-corrected chi connectivity index (χ2v) is 7.14. The van der Waals surface area contributed by atoms with Gasteiger partial charge in [-0.25, -0.2) is 4.79 Å². The number of benzene rings is 1. The Labute approximate surface area is 144 Å². The summed E-state index contributed by atoms with van der Waals surface area (Å²) >= 11 is 0. The molecule has 1 aromatic rings. The van der Waals surface area contributed by atoms with E-state index < -0.39 is 5.60 Å². The minimum atomic E-state index is -0.437. The van der Waals surface area contributed by atoms with Crippen LogP contribution in [0.3, 0.4) is 0 Å². The number of carbonyl (C=O) groups excluding carboxylic acids is 1. The molecule has 1 aliphatic heterocycles. The molecule has 1 aliphatic rings. The van der Waals surface area contributed by atoms with Gasteiger partial charge in [0.1, 0.15) is 11.4 Å². The first-order chi connectivity index (χ1) is 11.4. The zero-order valence-corrected chi connectivity index (χ0v) is 15.1. The molecule has 0 bridgehead atoms. The highest BCUT2D eigenvalue weighted by molar-refractivity contribution is 5.69. The fourth-order valence-corrected chi connectivity index (χ4v) is 2.60. The summed E-state index contributed by atoms with van der Waals surface area (Å²) in [5.74, 6) is 1.29. The van der Waals surface area contributed by atoms with Crippen molar-refractivity contribution in [2.24, 2.45) is 10.9 Å². The minimum Gasteiger partial charge on any atom is -0.497 e. The number of rotatable bonds is 4. The molecule has 0 N–H and O–H groups in total. The van der Waals surface area contributed by atoms with E-state index in [9.17, 15) is 4.79 Å². The molecule has 0 saturated carbocycles. The fourth-order valence-electron chi connectivity index (χ4n) is 2.60. The van der Waals surface area contributed by atoms with Crippen molar-refractivity contribution in [1.82, 2.24) is 4.90 Å². The van der Waals surface area contributed by atoms with E-state index in [4.69, 9.17) is 9.47 Å². The quantitative estimate of drug-likeness (QED) is 0.785.